The predicted octanol–water partition coefficient (Wildman–Crippen LogP) is 19.7. The largest absolute Gasteiger partial charge is 0.497 e. The van der Waals surface area contributed by atoms with Gasteiger partial charge in [-0.2, -0.15) is 0 Å². The van der Waals surface area contributed by atoms with Crippen molar-refractivity contribution in [3.63, 3.8) is 0 Å². The van der Waals surface area contributed by atoms with E-state index in [1.54, 1.807) is 113 Å². The topological polar surface area (TPSA) is 212 Å². The van der Waals surface area contributed by atoms with E-state index >= 15 is 0 Å². The van der Waals surface area contributed by atoms with Gasteiger partial charge in [0.1, 0.15) is 40.2 Å². The number of benzene rings is 7. The molecule has 7 aromatic rings. The summed E-state index contributed by atoms with van der Waals surface area (Å²) in [6, 6.07) is 49.2. The monoisotopic (exact) mass is 1380 g/mol. The number of carbonyl (C=O) groups is 7. The third-order valence-corrected chi connectivity index (χ3v) is 15.4. The smallest absolute Gasteiger partial charge is 0.343 e. The van der Waals surface area contributed by atoms with Gasteiger partial charge in [0.2, 0.25) is 0 Å². The lowest BCUT2D eigenvalue weighted by molar-refractivity contribution is -0.156. The Balaban J connectivity index is 0.00000242. The lowest BCUT2D eigenvalue weighted by Crippen LogP contribution is -2.37. The van der Waals surface area contributed by atoms with Crippen LogP contribution in [0.4, 0.5) is 0 Å². The number of esters is 7. The SMILES string of the molecule is C.C.C.C.C.C.CCC(C)(CC(CC(C)C(=O)OCCCCCCCOC)C(=O)OCCCCOc1ccc(C(=O)Oc2ccc(OC)cc2)cc1)C(=O)Oc1ccc(OC(=O)/C=C/c2ccccc2)cc1.CCC(C)C(=O)Oc1ccc(OC(=O)/C=C/c2ccc3ccccc3c2)cc1. The summed E-state index contributed by atoms with van der Waals surface area (Å²) >= 11 is 0. The average Bonchev–Trinajstić information content (AvgIpc) is 0.836. The van der Waals surface area contributed by atoms with Gasteiger partial charge in [-0.1, -0.05) is 158 Å². The number of ether oxygens (including phenoxy) is 10. The van der Waals surface area contributed by atoms with Crippen molar-refractivity contribution < 1.29 is 80.9 Å². The molecule has 0 aliphatic heterocycles. The molecule has 0 amide bonds. The van der Waals surface area contributed by atoms with E-state index in [4.69, 9.17) is 47.4 Å². The van der Waals surface area contributed by atoms with Gasteiger partial charge in [0.25, 0.3) is 0 Å². The van der Waals surface area contributed by atoms with Gasteiger partial charge in [-0.05, 0) is 195 Å². The molecule has 0 fully saturated rings. The number of carbonyl (C=O) groups excluding carboxylic acids is 7. The van der Waals surface area contributed by atoms with Gasteiger partial charge in [0, 0.05) is 25.9 Å². The van der Waals surface area contributed by atoms with Crippen molar-refractivity contribution in [2.75, 3.05) is 40.6 Å². The maximum Gasteiger partial charge on any atom is 0.343 e. The third-order valence-electron chi connectivity index (χ3n) is 15.4. The summed E-state index contributed by atoms with van der Waals surface area (Å²) < 4.78 is 54.6. The minimum absolute atomic E-state index is 0. The molecule has 0 aromatic heterocycles. The van der Waals surface area contributed by atoms with Gasteiger partial charge in [-0.15, -0.1) is 0 Å². The van der Waals surface area contributed by atoms with Gasteiger partial charge in [0.05, 0.1) is 55.7 Å². The van der Waals surface area contributed by atoms with E-state index in [0.29, 0.717) is 60.2 Å². The van der Waals surface area contributed by atoms with E-state index in [0.717, 1.165) is 67.0 Å². The van der Waals surface area contributed by atoms with Crippen LogP contribution in [0.5, 0.6) is 40.2 Å². The number of hydrogen-bond donors (Lipinski definition) is 0. The first-order valence-corrected chi connectivity index (χ1v) is 31.9. The molecule has 17 heteroatoms. The van der Waals surface area contributed by atoms with Crippen molar-refractivity contribution in [3.05, 3.63) is 199 Å². The molecule has 0 aliphatic rings. The molecule has 0 saturated heterocycles. The Labute approximate surface area is 595 Å². The van der Waals surface area contributed by atoms with Crippen molar-refractivity contribution in [3.8, 4) is 40.2 Å². The van der Waals surface area contributed by atoms with Crippen LogP contribution < -0.4 is 33.2 Å². The zero-order chi connectivity index (χ0) is 67.5. The van der Waals surface area contributed by atoms with E-state index in [9.17, 15) is 33.6 Å². The average molecular weight is 1380 g/mol. The Morgan fingerprint density at radius 1 is 0.430 bits per heavy atom. The van der Waals surface area contributed by atoms with E-state index in [2.05, 4.69) is 0 Å². The lowest BCUT2D eigenvalue weighted by Gasteiger charge is -2.30. The highest BCUT2D eigenvalue weighted by Crippen LogP contribution is 2.36. The molecular formula is C83H110O17. The summed E-state index contributed by atoms with van der Waals surface area (Å²) in [7, 11) is 3.24. The number of hydrogen-bond acceptors (Lipinski definition) is 17. The minimum Gasteiger partial charge on any atom is -0.497 e. The van der Waals surface area contributed by atoms with Gasteiger partial charge in [-0.25, -0.2) is 14.4 Å². The standard InChI is InChI=1S/C53H64O13.C24H22O4.6CH4/c1-6-53(3,52(58)66-47-30-28-45(29-31-47)64-48(54)32-19-40-17-11-10-12-18-40)38-42(37-39(2)49(55)62-35-14-9-7-8-13-33-59-4)50(56)63-36-16-15-34-61-44-22-20-41(21-23-44)51(57)65-46-26-24-43(60-5)25-27-46;1-3-17(2)24(26)28-22-13-11-21(12-14-22)27-23(25)15-9-18-8-10-19-6-4-5-7-20(19)16-18;;;;;;/h10-12,17-32,39,42H,6-9,13-16,33-38H2,1-5H3;4-17H,3H2,1-2H3;6*1H4/b32-19+;15-9+;;;;;;. The molecule has 0 saturated carbocycles. The molecule has 0 spiro atoms. The second-order valence-electron chi connectivity index (χ2n) is 22.8. The van der Waals surface area contributed by atoms with Crippen LogP contribution in [0.1, 0.15) is 171 Å². The van der Waals surface area contributed by atoms with Crippen LogP contribution in [0.2, 0.25) is 0 Å². The van der Waals surface area contributed by atoms with Crippen molar-refractivity contribution >= 4 is 64.7 Å². The molecule has 7 aromatic carbocycles. The quantitative estimate of drug-likeness (QED) is 0.0156. The second-order valence-corrected chi connectivity index (χ2v) is 22.8. The maximum atomic E-state index is 13.8. The molecule has 4 unspecified atom stereocenters. The normalized spacial score (nSPS) is 11.9. The molecule has 0 radical (unpaired) electrons. The van der Waals surface area contributed by atoms with Crippen molar-refractivity contribution in [2.24, 2.45) is 23.2 Å². The summed E-state index contributed by atoms with van der Waals surface area (Å²) in [5, 5.41) is 2.26. The highest BCUT2D eigenvalue weighted by atomic mass is 16.6. The molecule has 0 bridgehead atoms. The summed E-state index contributed by atoms with van der Waals surface area (Å²) in [5.41, 5.74) is 1.01. The van der Waals surface area contributed by atoms with Gasteiger partial charge >= 0.3 is 41.8 Å². The molecule has 4 atom stereocenters. The molecule has 7 rings (SSSR count). The lowest BCUT2D eigenvalue weighted by atomic mass is 9.76. The summed E-state index contributed by atoms with van der Waals surface area (Å²) in [5.74, 6) is -1.98. The van der Waals surface area contributed by atoms with Crippen molar-refractivity contribution in [1.29, 1.82) is 0 Å². The molecule has 544 valence electrons. The second kappa shape index (κ2) is 48.8. The molecule has 17 nitrogen and oxygen atoms in total. The Morgan fingerprint density at radius 3 is 1.44 bits per heavy atom. The van der Waals surface area contributed by atoms with E-state index < -0.39 is 53.1 Å². The first-order valence-electron chi connectivity index (χ1n) is 31.9. The van der Waals surface area contributed by atoms with E-state index in [-0.39, 0.29) is 94.0 Å². The van der Waals surface area contributed by atoms with Gasteiger partial charge in [-0.3, -0.25) is 19.2 Å². The third kappa shape index (κ3) is 31.8. The van der Waals surface area contributed by atoms with E-state index in [1.165, 1.54) is 36.4 Å². The highest BCUT2D eigenvalue weighted by molar-refractivity contribution is 5.92. The van der Waals surface area contributed by atoms with Gasteiger partial charge < -0.3 is 47.4 Å². The Kier molecular flexibility index (Phi) is 44.0. The number of rotatable bonds is 35. The van der Waals surface area contributed by atoms with Crippen LogP contribution >= 0.6 is 0 Å². The van der Waals surface area contributed by atoms with Crippen molar-refractivity contribution in [1.82, 2.24) is 0 Å². The Bertz CT molecular complexity index is 3560. The highest BCUT2D eigenvalue weighted by Gasteiger charge is 2.40. The molecule has 100 heavy (non-hydrogen) atoms. The predicted molar refractivity (Wildman–Crippen MR) is 400 cm³/mol. The molecule has 0 aliphatic carbocycles. The van der Waals surface area contributed by atoms with Crippen molar-refractivity contribution in [2.45, 2.75) is 150 Å². The van der Waals surface area contributed by atoms with Crippen LogP contribution in [0.15, 0.2) is 182 Å². The van der Waals surface area contributed by atoms with Crippen LogP contribution in [0, 0.1) is 23.2 Å². The molecule has 0 N–H and O–H groups in total. The van der Waals surface area contributed by atoms with Crippen LogP contribution in [0.3, 0.4) is 0 Å². The number of methoxy groups -OCH3 is 2. The zero-order valence-corrected chi connectivity index (χ0v) is 54.8. The first-order chi connectivity index (χ1) is 45.5. The Hall–Kier alpha value is -9.87. The fraction of sp³-hybridized carbons (Fsp3) is 0.386. The summed E-state index contributed by atoms with van der Waals surface area (Å²) in [6.45, 7) is 10.5. The van der Waals surface area contributed by atoms with Crippen LogP contribution in [-0.2, 0) is 43.0 Å². The summed E-state index contributed by atoms with van der Waals surface area (Å²) in [4.78, 5) is 89.5. The first kappa shape index (κ1) is 90.1. The minimum atomic E-state index is -1.13. The van der Waals surface area contributed by atoms with Crippen LogP contribution in [0.25, 0.3) is 22.9 Å². The van der Waals surface area contributed by atoms with E-state index in [1.807, 2.05) is 93.6 Å². The summed E-state index contributed by atoms with van der Waals surface area (Å²) in [6.07, 6.45) is 13.1. The zero-order valence-electron chi connectivity index (χ0n) is 54.8. The Morgan fingerprint density at radius 2 is 0.890 bits per heavy atom. The number of unbranched alkanes of at least 4 members (excludes halogenated alkanes) is 5. The van der Waals surface area contributed by atoms with Crippen LogP contribution in [-0.4, -0.2) is 82.4 Å². The molecule has 0 heterocycles. The molecular weight excluding hydrogens is 1270 g/mol. The fourth-order valence-electron chi connectivity index (χ4n) is 9.35. The number of fused-ring (bicyclic) bond motifs is 1. The maximum absolute atomic E-state index is 13.8. The van der Waals surface area contributed by atoms with Gasteiger partial charge in [0.15, 0.2) is 0 Å². The fourth-order valence-corrected chi connectivity index (χ4v) is 9.35.